The van der Waals surface area contributed by atoms with E-state index in [0.29, 0.717) is 51.4 Å². The minimum atomic E-state index is -5.19. The molecular formula is C55H86O28S2. The third kappa shape index (κ3) is 12.4. The molecule has 0 aromatic carbocycles. The fourth-order valence-corrected chi connectivity index (χ4v) is 17.2. The Morgan fingerprint density at radius 3 is 2.02 bits per heavy atom. The molecule has 4 aliphatic carbocycles. The number of carbonyl (C=O) groups excluding carboxylic acids is 2. The zero-order valence-corrected chi connectivity index (χ0v) is 50.9. The van der Waals surface area contributed by atoms with E-state index in [1.54, 1.807) is 0 Å². The number of methoxy groups -OCH3 is 1. The fraction of sp³-hybridized carbons (Fsp3) is 0.891. The van der Waals surface area contributed by atoms with E-state index in [-0.39, 0.29) is 29.1 Å². The normalized spacial score (nSPS) is 48.0. The van der Waals surface area contributed by atoms with Crippen LogP contribution in [0.25, 0.3) is 0 Å². The molecule has 27 atom stereocenters. The van der Waals surface area contributed by atoms with Gasteiger partial charge in [0.05, 0.1) is 43.4 Å². The molecule has 0 aromatic heterocycles. The standard InChI is InChI=1S/C55H86O28S2/c1-24(2)12-11-17-54(9)45-30(76-26(4)56)20-53(8)28-13-14-33-51(5,6)34(16-18-52(33,7)27(28)15-19-55(45,53)50(64)82-54)78-49-44(36(59)32(22-73-49)83-85(68,69)70)81-47-38(61)37(60)41(25(3)75-47)79-46-39(62)42(29(57)21-72-46)80-48-40(63)43(71-10)35(58)31(77-48)23-74-84(65,66)67/h12-13,25,27,29-49,57-63H,11,14-23H2,1-10H3,(H,65,66,67)(H,68,69,70). The van der Waals surface area contributed by atoms with Gasteiger partial charge in [-0.1, -0.05) is 51.0 Å². The number of rotatable bonds is 18. The van der Waals surface area contributed by atoms with Gasteiger partial charge in [-0.2, -0.15) is 16.8 Å². The third-order valence-electron chi connectivity index (χ3n) is 20.4. The Hall–Kier alpha value is -2.48. The maximum atomic E-state index is 14.7. The molecule has 5 saturated heterocycles. The summed E-state index contributed by atoms with van der Waals surface area (Å²) in [6.45, 7) is 15.2. The molecule has 3 saturated carbocycles. The average Bonchev–Trinajstić information content (AvgIpc) is 1.55. The molecule has 9 N–H and O–H groups in total. The summed E-state index contributed by atoms with van der Waals surface area (Å²) in [7, 11) is -9.10. The van der Waals surface area contributed by atoms with Crippen molar-refractivity contribution in [3.05, 3.63) is 23.3 Å². The lowest BCUT2D eigenvalue weighted by Gasteiger charge is -2.64. The van der Waals surface area contributed by atoms with Gasteiger partial charge in [0.15, 0.2) is 25.2 Å². The topological polar surface area (TPSA) is 404 Å². The molecule has 1 spiro atoms. The smallest absolute Gasteiger partial charge is 0.397 e. The first kappa shape index (κ1) is 66.9. The number of hydrogen-bond acceptors (Lipinski definition) is 26. The zero-order chi connectivity index (χ0) is 62.5. The molecule has 28 nitrogen and oxygen atoms in total. The van der Waals surface area contributed by atoms with E-state index in [9.17, 15) is 66.7 Å². The van der Waals surface area contributed by atoms with Crippen molar-refractivity contribution in [1.29, 1.82) is 0 Å². The minimum Gasteiger partial charge on any atom is -0.462 e. The highest BCUT2D eigenvalue weighted by atomic mass is 32.3. The molecule has 5 aliphatic heterocycles. The van der Waals surface area contributed by atoms with Crippen LogP contribution in [0.2, 0.25) is 0 Å². The number of ether oxygens (including phenoxy) is 11. The van der Waals surface area contributed by atoms with Crippen LogP contribution in [0.3, 0.4) is 0 Å². The second kappa shape index (κ2) is 24.6. The van der Waals surface area contributed by atoms with Gasteiger partial charge in [0.1, 0.15) is 91.1 Å². The van der Waals surface area contributed by atoms with Crippen LogP contribution < -0.4 is 0 Å². The van der Waals surface area contributed by atoms with Gasteiger partial charge in [0.2, 0.25) is 0 Å². The minimum absolute atomic E-state index is 0.0239. The molecule has 0 bridgehead atoms. The van der Waals surface area contributed by atoms with Gasteiger partial charge in [-0.25, -0.2) is 8.37 Å². The van der Waals surface area contributed by atoms with Gasteiger partial charge < -0.3 is 87.9 Å². The summed E-state index contributed by atoms with van der Waals surface area (Å²) >= 11 is 0. The van der Waals surface area contributed by atoms with Crippen molar-refractivity contribution in [3.63, 3.8) is 0 Å². The Kier molecular flexibility index (Phi) is 19.4. The van der Waals surface area contributed by atoms with Crippen LogP contribution in [0, 0.1) is 39.4 Å². The maximum absolute atomic E-state index is 14.7. The third-order valence-corrected chi connectivity index (χ3v) is 21.3. The summed E-state index contributed by atoms with van der Waals surface area (Å²) in [5.41, 5.74) is -1.15. The van der Waals surface area contributed by atoms with Crippen LogP contribution in [0.15, 0.2) is 23.3 Å². The van der Waals surface area contributed by atoms with Crippen molar-refractivity contribution < 1.29 is 132 Å². The van der Waals surface area contributed by atoms with Crippen molar-refractivity contribution in [2.75, 3.05) is 26.9 Å². The number of cyclic esters (lactones) is 1. The molecule has 0 amide bonds. The fourth-order valence-electron chi connectivity index (χ4n) is 16.4. The maximum Gasteiger partial charge on any atom is 0.397 e. The Bertz CT molecular complexity index is 2730. The molecule has 0 radical (unpaired) electrons. The summed E-state index contributed by atoms with van der Waals surface area (Å²) in [6.07, 6.45) is -23.3. The summed E-state index contributed by atoms with van der Waals surface area (Å²) in [5, 5.41) is 79.1. The van der Waals surface area contributed by atoms with E-state index in [1.807, 2.05) is 20.8 Å². The van der Waals surface area contributed by atoms with Crippen molar-refractivity contribution in [3.8, 4) is 0 Å². The number of hydrogen-bond donors (Lipinski definition) is 9. The molecule has 8 fully saturated rings. The first-order valence-corrected chi connectivity index (χ1v) is 31.7. The molecule has 0 aromatic rings. The van der Waals surface area contributed by atoms with Crippen LogP contribution in [-0.4, -0.2) is 229 Å². The van der Waals surface area contributed by atoms with Gasteiger partial charge in [0, 0.05) is 19.4 Å². The Morgan fingerprint density at radius 1 is 0.729 bits per heavy atom. The summed E-state index contributed by atoms with van der Waals surface area (Å²) in [5.74, 6) is -1.05. The second-order valence-electron chi connectivity index (χ2n) is 26.1. The van der Waals surface area contributed by atoms with E-state index < -0.39 is 191 Å². The molecule has 5 heterocycles. The van der Waals surface area contributed by atoms with Crippen LogP contribution in [0.4, 0.5) is 0 Å². The monoisotopic (exact) mass is 1260 g/mol. The SMILES string of the molecule is COC1C(O)C(COS(=O)(=O)O)OC(OC2C(O)COC(OC3C(C)OC(OC4C(OC5CCC6(C)C7CCC89C(=O)OC(C)(CCC=C(C)C)C8C(OC(C)=O)CC9(C)C7=CCC6C5(C)C)OCC(OS(=O)(=O)O)C4O)C(O)C3O)C2O)C1O. The number of allylic oxidation sites excluding steroid dienone is 4. The van der Waals surface area contributed by atoms with Crippen molar-refractivity contribution in [1.82, 2.24) is 0 Å². The second-order valence-corrected chi connectivity index (χ2v) is 28.3. The Balaban J connectivity index is 0.899. The van der Waals surface area contributed by atoms with E-state index in [4.69, 9.17) is 60.8 Å². The highest BCUT2D eigenvalue weighted by Crippen LogP contribution is 2.77. The van der Waals surface area contributed by atoms with E-state index in [2.05, 4.69) is 44.0 Å². The van der Waals surface area contributed by atoms with Crippen molar-refractivity contribution in [2.24, 2.45) is 39.4 Å². The van der Waals surface area contributed by atoms with Crippen LogP contribution in [0.5, 0.6) is 0 Å². The van der Waals surface area contributed by atoms with Crippen molar-refractivity contribution in [2.45, 2.75) is 242 Å². The lowest BCUT2D eigenvalue weighted by Crippen LogP contribution is -2.65. The molecule has 9 aliphatic rings. The first-order chi connectivity index (χ1) is 39.5. The Labute approximate surface area is 494 Å². The highest BCUT2D eigenvalue weighted by molar-refractivity contribution is 7.81. The number of aliphatic hydroxyl groups is 7. The number of carbonyl (C=O) groups is 2. The molecule has 9 rings (SSSR count). The van der Waals surface area contributed by atoms with E-state index >= 15 is 0 Å². The quantitative estimate of drug-likeness (QED) is 0.0511. The molecule has 85 heavy (non-hydrogen) atoms. The van der Waals surface area contributed by atoms with Gasteiger partial charge >= 0.3 is 32.7 Å². The first-order valence-electron chi connectivity index (χ1n) is 29.0. The van der Waals surface area contributed by atoms with Crippen LogP contribution in [0.1, 0.15) is 114 Å². The van der Waals surface area contributed by atoms with Crippen LogP contribution in [-0.2, 0) is 90.9 Å². The van der Waals surface area contributed by atoms with Crippen LogP contribution >= 0.6 is 0 Å². The predicted octanol–water partition coefficient (Wildman–Crippen LogP) is 0.447. The Morgan fingerprint density at radius 2 is 1.38 bits per heavy atom. The summed E-state index contributed by atoms with van der Waals surface area (Å²) in [6, 6.07) is 0. The predicted molar refractivity (Wildman–Crippen MR) is 286 cm³/mol. The number of aliphatic hydroxyl groups excluding tert-OH is 7. The van der Waals surface area contributed by atoms with Crippen molar-refractivity contribution >= 4 is 32.7 Å². The van der Waals surface area contributed by atoms with Gasteiger partial charge in [-0.05, 0) is 102 Å². The molecule has 486 valence electrons. The highest BCUT2D eigenvalue weighted by Gasteiger charge is 2.79. The lowest BCUT2D eigenvalue weighted by molar-refractivity contribution is -0.382. The van der Waals surface area contributed by atoms with E-state index in [1.165, 1.54) is 19.4 Å². The number of fused-ring (bicyclic) bond motifs is 4. The number of esters is 2. The van der Waals surface area contributed by atoms with E-state index in [0.717, 1.165) is 12.7 Å². The lowest BCUT2D eigenvalue weighted by atomic mass is 9.41. The zero-order valence-electron chi connectivity index (χ0n) is 49.3. The molecule has 27 unspecified atom stereocenters. The van der Waals surface area contributed by atoms with Gasteiger partial charge in [-0.3, -0.25) is 18.7 Å². The average molecular weight is 1260 g/mol. The largest absolute Gasteiger partial charge is 0.462 e. The molecule has 30 heteroatoms. The summed E-state index contributed by atoms with van der Waals surface area (Å²) < 4.78 is 140. The van der Waals surface area contributed by atoms with Gasteiger partial charge in [0.25, 0.3) is 0 Å². The summed E-state index contributed by atoms with van der Waals surface area (Å²) in [4.78, 5) is 27.4. The molecular weight excluding hydrogens is 1170 g/mol. The van der Waals surface area contributed by atoms with Gasteiger partial charge in [-0.15, -0.1) is 0 Å².